The van der Waals surface area contributed by atoms with Crippen molar-refractivity contribution in [2.24, 2.45) is 0 Å². The van der Waals surface area contributed by atoms with Crippen LogP contribution in [0.2, 0.25) is 0 Å². The second-order valence-corrected chi connectivity index (χ2v) is 8.22. The smallest absolute Gasteiger partial charge is 0.193 e. The first-order chi connectivity index (χ1) is 16.3. The van der Waals surface area contributed by atoms with Gasteiger partial charge in [-0.3, -0.25) is 4.79 Å². The molecule has 0 atom stereocenters. The van der Waals surface area contributed by atoms with Crippen molar-refractivity contribution in [3.8, 4) is 22.3 Å². The van der Waals surface area contributed by atoms with Crippen LogP contribution < -0.4 is 0 Å². The maximum atomic E-state index is 12.9. The van der Waals surface area contributed by atoms with E-state index in [1.165, 1.54) is 10.8 Å². The summed E-state index contributed by atoms with van der Waals surface area (Å²) in [5.41, 5.74) is 8.18. The summed E-state index contributed by atoms with van der Waals surface area (Å²) in [4.78, 5) is 16.6. The lowest BCUT2D eigenvalue weighted by atomic mass is 9.91. The molecule has 0 aliphatic carbocycles. The van der Waals surface area contributed by atoms with Gasteiger partial charge >= 0.3 is 0 Å². The Bertz CT molecular complexity index is 1590. The van der Waals surface area contributed by atoms with Crippen LogP contribution in [0.4, 0.5) is 0 Å². The molecule has 33 heavy (non-hydrogen) atoms. The molecule has 0 saturated heterocycles. The normalized spacial score (nSPS) is 11.2. The number of nitrogens with one attached hydrogen (secondary N) is 1. The molecule has 1 N–H and O–H groups in total. The molecule has 0 fully saturated rings. The molecule has 6 rings (SSSR count). The Kier molecular flexibility index (Phi) is 4.63. The van der Waals surface area contributed by atoms with Crippen molar-refractivity contribution in [3.63, 3.8) is 0 Å². The van der Waals surface area contributed by atoms with Gasteiger partial charge in [0.25, 0.3) is 0 Å². The van der Waals surface area contributed by atoms with Crippen LogP contribution in [0.5, 0.6) is 0 Å². The third kappa shape index (κ3) is 3.33. The zero-order chi connectivity index (χ0) is 22.2. The number of para-hydroxylation sites is 1. The van der Waals surface area contributed by atoms with E-state index in [0.717, 1.165) is 33.3 Å². The fraction of sp³-hybridized carbons (Fsp3) is 0. The average Bonchev–Trinajstić information content (AvgIpc) is 3.28. The van der Waals surface area contributed by atoms with Crippen LogP contribution >= 0.6 is 0 Å². The molecule has 0 aliphatic heterocycles. The molecule has 0 saturated carbocycles. The Morgan fingerprint density at radius 2 is 1.15 bits per heavy atom. The highest BCUT2D eigenvalue weighted by atomic mass is 16.1. The van der Waals surface area contributed by atoms with Crippen molar-refractivity contribution in [2.75, 3.05) is 0 Å². The molecule has 0 spiro atoms. The maximum Gasteiger partial charge on any atom is 0.193 e. The molecule has 0 amide bonds. The predicted molar refractivity (Wildman–Crippen MR) is 137 cm³/mol. The van der Waals surface area contributed by atoms with E-state index in [0.29, 0.717) is 11.1 Å². The number of hydrogen-bond acceptors (Lipinski definition) is 1. The number of H-pyrrole nitrogens is 1. The van der Waals surface area contributed by atoms with Crippen LogP contribution in [0.1, 0.15) is 15.9 Å². The van der Waals surface area contributed by atoms with E-state index in [9.17, 15) is 4.79 Å². The van der Waals surface area contributed by atoms with Crippen molar-refractivity contribution in [2.45, 2.75) is 0 Å². The number of ketones is 1. The third-order valence-electron chi connectivity index (χ3n) is 6.24. The fourth-order valence-corrected chi connectivity index (χ4v) is 4.62. The van der Waals surface area contributed by atoms with Crippen LogP contribution in [0.25, 0.3) is 44.1 Å². The van der Waals surface area contributed by atoms with Gasteiger partial charge in [0.2, 0.25) is 0 Å². The molecule has 6 aromatic rings. The minimum atomic E-state index is 0.0363. The average molecular weight is 424 g/mol. The van der Waals surface area contributed by atoms with E-state index in [1.54, 1.807) is 0 Å². The number of hydrogen-bond donors (Lipinski definition) is 1. The topological polar surface area (TPSA) is 32.9 Å². The summed E-state index contributed by atoms with van der Waals surface area (Å²) < 4.78 is 0. The summed E-state index contributed by atoms with van der Waals surface area (Å²) in [7, 11) is 0. The van der Waals surface area contributed by atoms with Crippen LogP contribution in [-0.2, 0) is 0 Å². The zero-order valence-corrected chi connectivity index (χ0v) is 18.0. The highest BCUT2D eigenvalue weighted by molar-refractivity contribution is 6.15. The highest BCUT2D eigenvalue weighted by Gasteiger charge is 2.16. The molecule has 2 nitrogen and oxygen atoms in total. The van der Waals surface area contributed by atoms with Gasteiger partial charge < -0.3 is 4.98 Å². The lowest BCUT2D eigenvalue weighted by Gasteiger charge is -2.13. The molecule has 1 aromatic heterocycles. The summed E-state index contributed by atoms with van der Waals surface area (Å²) in [6.07, 6.45) is 0. The first-order valence-electron chi connectivity index (χ1n) is 11.1. The van der Waals surface area contributed by atoms with E-state index >= 15 is 0 Å². The largest absolute Gasteiger partial charge is 0.354 e. The number of carbonyl (C=O) groups is 1. The number of benzene rings is 5. The lowest BCUT2D eigenvalue weighted by Crippen LogP contribution is -2.00. The lowest BCUT2D eigenvalue weighted by molar-refractivity contribution is 0.103. The number of aromatic nitrogens is 1. The van der Waals surface area contributed by atoms with Crippen LogP contribution in [-0.4, -0.2) is 10.8 Å². The first kappa shape index (κ1) is 19.3. The second kappa shape index (κ2) is 7.92. The fourth-order valence-electron chi connectivity index (χ4n) is 4.62. The minimum Gasteiger partial charge on any atom is -0.354 e. The van der Waals surface area contributed by atoms with Crippen LogP contribution in [0.3, 0.4) is 0 Å². The van der Waals surface area contributed by atoms with Gasteiger partial charge in [-0.25, -0.2) is 0 Å². The Balaban J connectivity index is 1.55. The van der Waals surface area contributed by atoms with Crippen molar-refractivity contribution in [1.29, 1.82) is 0 Å². The van der Waals surface area contributed by atoms with Gasteiger partial charge in [0.05, 0.1) is 5.52 Å². The second-order valence-electron chi connectivity index (χ2n) is 8.22. The monoisotopic (exact) mass is 423 g/mol. The molecule has 0 unspecified atom stereocenters. The Hall–Kier alpha value is -4.43. The van der Waals surface area contributed by atoms with Gasteiger partial charge in [-0.05, 0) is 22.8 Å². The SMILES string of the molecule is O=C(c1ccccc1)c1ccc(-c2c(-c3ccccc3)ccc3c2[nH]c2ccccc23)cc1. The Morgan fingerprint density at radius 3 is 1.91 bits per heavy atom. The van der Waals surface area contributed by atoms with E-state index in [4.69, 9.17) is 0 Å². The molecule has 1 heterocycles. The van der Waals surface area contributed by atoms with E-state index in [1.807, 2.05) is 48.5 Å². The zero-order valence-electron chi connectivity index (χ0n) is 18.0. The van der Waals surface area contributed by atoms with Gasteiger partial charge in [-0.2, -0.15) is 0 Å². The van der Waals surface area contributed by atoms with E-state index < -0.39 is 0 Å². The van der Waals surface area contributed by atoms with Gasteiger partial charge in [0.1, 0.15) is 0 Å². The minimum absolute atomic E-state index is 0.0363. The van der Waals surface area contributed by atoms with Gasteiger partial charge in [0, 0.05) is 33.0 Å². The number of aromatic amines is 1. The summed E-state index contributed by atoms with van der Waals surface area (Å²) in [6, 6.07) is 40.7. The number of fused-ring (bicyclic) bond motifs is 3. The number of carbonyl (C=O) groups excluding carboxylic acids is 1. The molecular formula is C31H21NO. The summed E-state index contributed by atoms with van der Waals surface area (Å²) in [5.74, 6) is 0.0363. The quantitative estimate of drug-likeness (QED) is 0.287. The van der Waals surface area contributed by atoms with Crippen molar-refractivity contribution >= 4 is 27.6 Å². The molecule has 2 heteroatoms. The Labute approximate surface area is 192 Å². The molecular weight excluding hydrogens is 402 g/mol. The van der Waals surface area contributed by atoms with E-state index in [-0.39, 0.29) is 5.78 Å². The Morgan fingerprint density at radius 1 is 0.515 bits per heavy atom. The number of rotatable bonds is 4. The highest BCUT2D eigenvalue weighted by Crippen LogP contribution is 2.40. The summed E-state index contributed by atoms with van der Waals surface area (Å²) in [5, 5.41) is 2.41. The van der Waals surface area contributed by atoms with Gasteiger partial charge in [-0.1, -0.05) is 115 Å². The molecule has 0 radical (unpaired) electrons. The van der Waals surface area contributed by atoms with Crippen molar-refractivity contribution < 1.29 is 4.79 Å². The van der Waals surface area contributed by atoms with Crippen molar-refractivity contribution in [1.82, 2.24) is 4.98 Å². The van der Waals surface area contributed by atoms with Crippen LogP contribution in [0.15, 0.2) is 121 Å². The predicted octanol–water partition coefficient (Wildman–Crippen LogP) is 7.89. The molecule has 156 valence electrons. The van der Waals surface area contributed by atoms with Crippen molar-refractivity contribution in [3.05, 3.63) is 132 Å². The molecule has 0 bridgehead atoms. The summed E-state index contributed by atoms with van der Waals surface area (Å²) >= 11 is 0. The van der Waals surface area contributed by atoms with Gasteiger partial charge in [0.15, 0.2) is 5.78 Å². The summed E-state index contributed by atoms with van der Waals surface area (Å²) in [6.45, 7) is 0. The molecule has 5 aromatic carbocycles. The maximum absolute atomic E-state index is 12.9. The molecule has 0 aliphatic rings. The third-order valence-corrected chi connectivity index (χ3v) is 6.24. The first-order valence-corrected chi connectivity index (χ1v) is 11.1. The standard InChI is InChI=1S/C31H21NO/c33-31(23-11-5-2-6-12-23)24-17-15-22(16-18-24)29-25(21-9-3-1-4-10-21)19-20-27-26-13-7-8-14-28(26)32-30(27)29/h1-20,32H. The van der Waals surface area contributed by atoms with E-state index in [2.05, 4.69) is 77.8 Å². The van der Waals surface area contributed by atoms with Gasteiger partial charge in [-0.15, -0.1) is 0 Å². The van der Waals surface area contributed by atoms with Crippen LogP contribution in [0, 0.1) is 0 Å².